The van der Waals surface area contributed by atoms with Gasteiger partial charge in [-0.05, 0) is 44.3 Å². The third kappa shape index (κ3) is 5.06. The van der Waals surface area contributed by atoms with Crippen LogP contribution in [0.1, 0.15) is 13.8 Å². The Morgan fingerprint density at radius 1 is 1.35 bits per heavy atom. The number of nitrogens with one attached hydrogen (secondary N) is 2. The van der Waals surface area contributed by atoms with E-state index in [4.69, 9.17) is 26.1 Å². The van der Waals surface area contributed by atoms with E-state index in [2.05, 4.69) is 10.4 Å². The lowest BCUT2D eigenvalue weighted by atomic mass is 10.2. The second-order valence-electron chi connectivity index (χ2n) is 6.26. The average molecular weight is 381 g/mol. The number of likely N-dealkylation sites (N-methyl/N-ethyl adjacent to an activating group) is 1. The first kappa shape index (κ1) is 19.9. The number of hydrogen-bond acceptors (Lipinski definition) is 6. The van der Waals surface area contributed by atoms with E-state index in [9.17, 15) is 4.79 Å². The molecule has 0 aliphatic heterocycles. The molecule has 2 N–H and O–H groups in total. The summed E-state index contributed by atoms with van der Waals surface area (Å²) in [6.07, 6.45) is 0. The van der Waals surface area contributed by atoms with Gasteiger partial charge in [-0.3, -0.25) is 4.79 Å². The van der Waals surface area contributed by atoms with Crippen LogP contribution in [0.4, 0.5) is 0 Å². The largest absolute Gasteiger partial charge is 0.493 e. The highest BCUT2D eigenvalue weighted by atomic mass is 32.1. The van der Waals surface area contributed by atoms with E-state index in [1.807, 2.05) is 27.0 Å². The molecule has 0 radical (unpaired) electrons. The highest BCUT2D eigenvalue weighted by Gasteiger charge is 2.16. The molecule has 8 nitrogen and oxygen atoms in total. The van der Waals surface area contributed by atoms with E-state index < -0.39 is 0 Å². The topological polar surface area (TPSA) is 83.0 Å². The summed E-state index contributed by atoms with van der Waals surface area (Å²) in [6, 6.07) is 5.48. The molecule has 1 atom stereocenters. The molecule has 142 valence electrons. The van der Waals surface area contributed by atoms with Crippen LogP contribution in [0.2, 0.25) is 0 Å². The molecule has 0 fully saturated rings. The van der Waals surface area contributed by atoms with Crippen LogP contribution < -0.4 is 19.7 Å². The minimum atomic E-state index is -0.0207. The summed E-state index contributed by atoms with van der Waals surface area (Å²) in [5, 5.41) is 7.28. The quantitative estimate of drug-likeness (QED) is 0.661. The van der Waals surface area contributed by atoms with Gasteiger partial charge in [-0.1, -0.05) is 0 Å². The first-order valence-corrected chi connectivity index (χ1v) is 8.66. The van der Waals surface area contributed by atoms with Gasteiger partial charge >= 0.3 is 0 Å². The normalized spacial score (nSPS) is 12.1. The molecule has 0 spiro atoms. The Kier molecular flexibility index (Phi) is 6.76. The zero-order valence-corrected chi connectivity index (χ0v) is 16.5. The lowest BCUT2D eigenvalue weighted by Crippen LogP contribution is -3.09. The van der Waals surface area contributed by atoms with Crippen molar-refractivity contribution in [1.29, 1.82) is 0 Å². The van der Waals surface area contributed by atoms with E-state index in [-0.39, 0.29) is 16.8 Å². The highest BCUT2D eigenvalue weighted by molar-refractivity contribution is 7.71. The SMILES string of the molecule is COc1ccc(-c2nn(C[NH+](C)CC(=O)NC(C)C)c(=S)o2)cc1OC. The maximum absolute atomic E-state index is 11.9. The molecule has 1 heterocycles. The van der Waals surface area contributed by atoms with Crippen molar-refractivity contribution in [1.82, 2.24) is 15.1 Å². The first-order chi connectivity index (χ1) is 12.3. The number of carbonyl (C=O) groups excluding carboxylic acids is 1. The lowest BCUT2D eigenvalue weighted by molar-refractivity contribution is -0.895. The van der Waals surface area contributed by atoms with Crippen molar-refractivity contribution in [2.75, 3.05) is 27.8 Å². The number of hydrogen-bond donors (Lipinski definition) is 2. The minimum Gasteiger partial charge on any atom is -0.493 e. The fourth-order valence-corrected chi connectivity index (χ4v) is 2.64. The molecule has 1 amide bonds. The maximum atomic E-state index is 11.9. The van der Waals surface area contributed by atoms with Crippen LogP contribution in [0, 0.1) is 4.84 Å². The van der Waals surface area contributed by atoms with E-state index in [1.54, 1.807) is 31.0 Å². The van der Waals surface area contributed by atoms with Gasteiger partial charge in [0.1, 0.15) is 0 Å². The monoisotopic (exact) mass is 381 g/mol. The fraction of sp³-hybridized carbons (Fsp3) is 0.471. The Morgan fingerprint density at radius 2 is 2.04 bits per heavy atom. The van der Waals surface area contributed by atoms with Crippen molar-refractivity contribution in [2.24, 2.45) is 0 Å². The molecule has 1 aromatic heterocycles. The second kappa shape index (κ2) is 8.81. The molecule has 9 heteroatoms. The molecule has 0 saturated carbocycles. The number of methoxy groups -OCH3 is 2. The Hall–Kier alpha value is -2.39. The number of ether oxygens (including phenoxy) is 2. The third-order valence-electron chi connectivity index (χ3n) is 3.57. The van der Waals surface area contributed by atoms with Crippen molar-refractivity contribution in [2.45, 2.75) is 26.6 Å². The van der Waals surface area contributed by atoms with Gasteiger partial charge in [-0.2, -0.15) is 4.68 Å². The van der Waals surface area contributed by atoms with Gasteiger partial charge in [0.2, 0.25) is 5.89 Å². The number of nitrogens with zero attached hydrogens (tertiary/aromatic N) is 2. The van der Waals surface area contributed by atoms with Crippen LogP contribution in [0.25, 0.3) is 11.5 Å². The zero-order valence-electron chi connectivity index (χ0n) is 15.7. The average Bonchev–Trinajstić information content (AvgIpc) is 2.93. The number of quaternary nitrogens is 1. The van der Waals surface area contributed by atoms with Gasteiger partial charge in [0, 0.05) is 11.6 Å². The van der Waals surface area contributed by atoms with Gasteiger partial charge in [0.15, 0.2) is 24.7 Å². The Bertz CT molecular complexity index is 815. The minimum absolute atomic E-state index is 0.0207. The van der Waals surface area contributed by atoms with Crippen LogP contribution in [0.5, 0.6) is 11.5 Å². The Balaban J connectivity index is 2.14. The van der Waals surface area contributed by atoms with Crippen molar-refractivity contribution < 1.29 is 23.6 Å². The second-order valence-corrected chi connectivity index (χ2v) is 6.61. The number of amides is 1. The molecule has 26 heavy (non-hydrogen) atoms. The van der Waals surface area contributed by atoms with E-state index >= 15 is 0 Å². The Morgan fingerprint density at radius 3 is 2.65 bits per heavy atom. The summed E-state index contributed by atoms with van der Waals surface area (Å²) in [4.78, 5) is 13.0. The van der Waals surface area contributed by atoms with Gasteiger partial charge in [-0.15, -0.1) is 5.10 Å². The number of carbonyl (C=O) groups is 1. The van der Waals surface area contributed by atoms with Crippen molar-refractivity contribution in [3.63, 3.8) is 0 Å². The summed E-state index contributed by atoms with van der Waals surface area (Å²) in [7, 11) is 5.04. The van der Waals surface area contributed by atoms with Crippen LogP contribution in [0.15, 0.2) is 22.6 Å². The van der Waals surface area contributed by atoms with Crippen molar-refractivity contribution in [3.8, 4) is 23.0 Å². The molecular formula is C17H25N4O4S+. The number of rotatable bonds is 8. The lowest BCUT2D eigenvalue weighted by Gasteiger charge is -2.14. The maximum Gasteiger partial charge on any atom is 0.292 e. The molecule has 0 bridgehead atoms. The van der Waals surface area contributed by atoms with Crippen LogP contribution in [0.3, 0.4) is 0 Å². The van der Waals surface area contributed by atoms with E-state index in [1.165, 1.54) is 0 Å². The number of aromatic nitrogens is 2. The summed E-state index contributed by atoms with van der Waals surface area (Å²) < 4.78 is 17.7. The van der Waals surface area contributed by atoms with Gasteiger partial charge in [0.25, 0.3) is 10.7 Å². The molecule has 2 rings (SSSR count). The van der Waals surface area contributed by atoms with Gasteiger partial charge < -0.3 is 24.1 Å². The summed E-state index contributed by atoms with van der Waals surface area (Å²) >= 11 is 5.25. The van der Waals surface area contributed by atoms with Crippen LogP contribution >= 0.6 is 12.2 Å². The molecule has 0 aliphatic carbocycles. The highest BCUT2D eigenvalue weighted by Crippen LogP contribution is 2.31. The fourth-order valence-electron chi connectivity index (χ4n) is 2.45. The van der Waals surface area contributed by atoms with Crippen LogP contribution in [-0.2, 0) is 11.5 Å². The van der Waals surface area contributed by atoms with Crippen molar-refractivity contribution in [3.05, 3.63) is 23.0 Å². The predicted octanol–water partition coefficient (Wildman–Crippen LogP) is 0.887. The van der Waals surface area contributed by atoms with Crippen molar-refractivity contribution >= 4 is 18.1 Å². The first-order valence-electron chi connectivity index (χ1n) is 8.25. The van der Waals surface area contributed by atoms with E-state index in [0.717, 1.165) is 10.5 Å². The molecular weight excluding hydrogens is 356 g/mol. The zero-order chi connectivity index (χ0) is 19.3. The summed E-state index contributed by atoms with van der Waals surface area (Å²) in [5.41, 5.74) is 0.725. The molecule has 1 unspecified atom stereocenters. The molecule has 2 aromatic rings. The van der Waals surface area contributed by atoms with Crippen LogP contribution in [-0.4, -0.2) is 49.5 Å². The third-order valence-corrected chi connectivity index (χ3v) is 3.86. The van der Waals surface area contributed by atoms with Gasteiger partial charge in [0.05, 0.1) is 21.3 Å². The molecule has 0 saturated heterocycles. The Labute approximate surface area is 157 Å². The molecule has 0 aliphatic rings. The molecule has 1 aromatic carbocycles. The van der Waals surface area contributed by atoms with E-state index in [0.29, 0.717) is 30.6 Å². The standard InChI is InChI=1S/C17H24N4O4S/c1-11(2)18-15(22)9-20(3)10-21-17(26)25-16(19-21)12-6-7-13(23-4)14(8-12)24-5/h6-8,11H,9-10H2,1-5H3,(H,18,22)/p+1. The van der Waals surface area contributed by atoms with Gasteiger partial charge in [-0.25, -0.2) is 0 Å². The number of benzene rings is 1. The summed E-state index contributed by atoms with van der Waals surface area (Å²) in [6.45, 7) is 4.59. The summed E-state index contributed by atoms with van der Waals surface area (Å²) in [5.74, 6) is 1.56. The smallest absolute Gasteiger partial charge is 0.292 e. The predicted molar refractivity (Wildman–Crippen MR) is 98.9 cm³/mol.